The van der Waals surface area contributed by atoms with Crippen molar-refractivity contribution in [2.45, 2.75) is 30.7 Å². The van der Waals surface area contributed by atoms with E-state index in [-0.39, 0.29) is 10.9 Å². The van der Waals surface area contributed by atoms with E-state index in [1.165, 1.54) is 7.11 Å². The van der Waals surface area contributed by atoms with Gasteiger partial charge in [-0.25, -0.2) is 18.1 Å². The highest BCUT2D eigenvalue weighted by Gasteiger charge is 2.27. The van der Waals surface area contributed by atoms with Gasteiger partial charge in [-0.2, -0.15) is 0 Å². The number of methoxy groups -OCH3 is 1. The fourth-order valence-corrected chi connectivity index (χ4v) is 4.70. The van der Waals surface area contributed by atoms with Crippen LogP contribution in [-0.2, 0) is 17.1 Å². The lowest BCUT2D eigenvalue weighted by atomic mass is 10.1. The molecule has 1 N–H and O–H groups in total. The highest BCUT2D eigenvalue weighted by molar-refractivity contribution is 7.89. The summed E-state index contributed by atoms with van der Waals surface area (Å²) in [5, 5.41) is 0. The van der Waals surface area contributed by atoms with Crippen LogP contribution in [-0.4, -0.2) is 44.2 Å². The zero-order valence-corrected chi connectivity index (χ0v) is 15.6. The van der Waals surface area contributed by atoms with Gasteiger partial charge in [0, 0.05) is 38.6 Å². The van der Waals surface area contributed by atoms with Crippen LogP contribution < -0.4 is 14.4 Å². The summed E-state index contributed by atoms with van der Waals surface area (Å²) in [7, 11) is -0.178. The fraction of sp³-hybridized carbons (Fsp3) is 0.471. The first-order valence-electron chi connectivity index (χ1n) is 8.30. The molecule has 0 amide bonds. The maximum absolute atomic E-state index is 12.8. The number of nitrogens with zero attached hydrogens (tertiary/aromatic N) is 3. The highest BCUT2D eigenvalue weighted by atomic mass is 32.2. The molecule has 2 heterocycles. The molecule has 1 aromatic heterocycles. The molecular weight excluding hydrogens is 340 g/mol. The number of aromatic nitrogens is 2. The molecule has 1 aliphatic rings. The summed E-state index contributed by atoms with van der Waals surface area (Å²) in [6.45, 7) is 3.40. The SMILES string of the molecule is COc1ccc(C)cc1S(=O)(=O)NC1CCN(c2nccn2C)CC1. The average molecular weight is 364 g/mol. The second-order valence-electron chi connectivity index (χ2n) is 6.38. The van der Waals surface area contributed by atoms with E-state index in [1.54, 1.807) is 18.3 Å². The van der Waals surface area contributed by atoms with Gasteiger partial charge in [0.05, 0.1) is 7.11 Å². The van der Waals surface area contributed by atoms with Gasteiger partial charge in [-0.3, -0.25) is 0 Å². The van der Waals surface area contributed by atoms with Crippen LogP contribution >= 0.6 is 0 Å². The van der Waals surface area contributed by atoms with E-state index >= 15 is 0 Å². The third-order valence-electron chi connectivity index (χ3n) is 4.50. The van der Waals surface area contributed by atoms with E-state index in [0.717, 1.165) is 37.4 Å². The summed E-state index contributed by atoms with van der Waals surface area (Å²) in [5.74, 6) is 1.28. The Kier molecular flexibility index (Phi) is 5.01. The van der Waals surface area contributed by atoms with Gasteiger partial charge < -0.3 is 14.2 Å². The molecule has 1 fully saturated rings. The molecule has 0 spiro atoms. The van der Waals surface area contributed by atoms with Gasteiger partial charge in [0.15, 0.2) is 0 Å². The normalized spacial score (nSPS) is 16.2. The van der Waals surface area contributed by atoms with Crippen molar-refractivity contribution in [2.24, 2.45) is 7.05 Å². The van der Waals surface area contributed by atoms with E-state index in [1.807, 2.05) is 30.8 Å². The molecular formula is C17H24N4O3S. The van der Waals surface area contributed by atoms with E-state index in [4.69, 9.17) is 4.74 Å². The van der Waals surface area contributed by atoms with Crippen LogP contribution in [0.3, 0.4) is 0 Å². The zero-order valence-electron chi connectivity index (χ0n) is 14.8. The van der Waals surface area contributed by atoms with Gasteiger partial charge in [0.1, 0.15) is 10.6 Å². The van der Waals surface area contributed by atoms with Gasteiger partial charge in [0.2, 0.25) is 16.0 Å². The Balaban J connectivity index is 1.69. The third kappa shape index (κ3) is 3.80. The molecule has 3 rings (SSSR count). The summed E-state index contributed by atoms with van der Waals surface area (Å²) in [6.07, 6.45) is 5.16. The number of benzene rings is 1. The second kappa shape index (κ2) is 7.05. The van der Waals surface area contributed by atoms with Gasteiger partial charge in [-0.1, -0.05) is 6.07 Å². The zero-order chi connectivity index (χ0) is 18.0. The van der Waals surface area contributed by atoms with Crippen LogP contribution in [0.4, 0.5) is 5.95 Å². The first-order valence-corrected chi connectivity index (χ1v) is 9.78. The third-order valence-corrected chi connectivity index (χ3v) is 6.05. The lowest BCUT2D eigenvalue weighted by molar-refractivity contribution is 0.400. The monoisotopic (exact) mass is 364 g/mol. The Bertz CT molecular complexity index is 839. The van der Waals surface area contributed by atoms with Crippen molar-refractivity contribution in [3.63, 3.8) is 0 Å². The van der Waals surface area contributed by atoms with Gasteiger partial charge in [-0.15, -0.1) is 0 Å². The molecule has 8 heteroatoms. The van der Waals surface area contributed by atoms with Gasteiger partial charge in [0.25, 0.3) is 0 Å². The van der Waals surface area contributed by atoms with Crippen LogP contribution in [0.2, 0.25) is 0 Å². The van der Waals surface area contributed by atoms with E-state index in [2.05, 4.69) is 14.6 Å². The number of sulfonamides is 1. The molecule has 0 atom stereocenters. The number of piperidine rings is 1. The molecule has 0 unspecified atom stereocenters. The summed E-state index contributed by atoms with van der Waals surface area (Å²) >= 11 is 0. The minimum atomic E-state index is -3.62. The number of anilines is 1. The first-order chi connectivity index (χ1) is 11.9. The maximum Gasteiger partial charge on any atom is 0.244 e. The number of aryl methyl sites for hydroxylation is 2. The molecule has 1 aromatic carbocycles. The standard InChI is InChI=1S/C17H24N4O3S/c1-13-4-5-15(24-3)16(12-13)25(22,23)19-14-6-9-21(10-7-14)17-18-8-11-20(17)2/h4-5,8,11-12,14,19H,6-7,9-10H2,1-3H3. The predicted molar refractivity (Wildman–Crippen MR) is 96.5 cm³/mol. The molecule has 0 saturated carbocycles. The van der Waals surface area contributed by atoms with Crippen molar-refractivity contribution in [3.05, 3.63) is 36.2 Å². The quantitative estimate of drug-likeness (QED) is 0.874. The van der Waals surface area contributed by atoms with Gasteiger partial charge >= 0.3 is 0 Å². The molecule has 0 bridgehead atoms. The van der Waals surface area contributed by atoms with Crippen molar-refractivity contribution < 1.29 is 13.2 Å². The maximum atomic E-state index is 12.8. The molecule has 1 aliphatic heterocycles. The van der Waals surface area contributed by atoms with Crippen LogP contribution in [0.1, 0.15) is 18.4 Å². The van der Waals surface area contributed by atoms with E-state index in [9.17, 15) is 8.42 Å². The smallest absolute Gasteiger partial charge is 0.244 e. The number of rotatable bonds is 5. The Labute approximate surface area is 148 Å². The van der Waals surface area contributed by atoms with Gasteiger partial charge in [-0.05, 0) is 37.5 Å². The van der Waals surface area contributed by atoms with E-state index in [0.29, 0.717) is 5.75 Å². The molecule has 7 nitrogen and oxygen atoms in total. The summed E-state index contributed by atoms with van der Waals surface area (Å²) in [5.41, 5.74) is 0.880. The topological polar surface area (TPSA) is 76.5 Å². The molecule has 1 saturated heterocycles. The largest absolute Gasteiger partial charge is 0.495 e. The number of hydrogen-bond acceptors (Lipinski definition) is 5. The Morgan fingerprint density at radius 1 is 1.28 bits per heavy atom. The summed E-state index contributed by atoms with van der Waals surface area (Å²) < 4.78 is 35.6. The average Bonchev–Trinajstić information content (AvgIpc) is 3.01. The van der Waals surface area contributed by atoms with E-state index < -0.39 is 10.0 Å². The molecule has 0 aliphatic carbocycles. The molecule has 25 heavy (non-hydrogen) atoms. The second-order valence-corrected chi connectivity index (χ2v) is 8.06. The minimum absolute atomic E-state index is 0.0910. The molecule has 2 aromatic rings. The summed E-state index contributed by atoms with van der Waals surface area (Å²) in [4.78, 5) is 6.73. The number of hydrogen-bond donors (Lipinski definition) is 1. The summed E-state index contributed by atoms with van der Waals surface area (Å²) in [6, 6.07) is 5.08. The van der Waals surface area contributed by atoms with Crippen molar-refractivity contribution in [3.8, 4) is 5.75 Å². The van der Waals surface area contributed by atoms with Crippen molar-refractivity contribution in [2.75, 3.05) is 25.1 Å². The minimum Gasteiger partial charge on any atom is -0.495 e. The van der Waals surface area contributed by atoms with Crippen LogP contribution in [0, 0.1) is 6.92 Å². The Morgan fingerprint density at radius 3 is 2.60 bits per heavy atom. The Morgan fingerprint density at radius 2 is 2.00 bits per heavy atom. The van der Waals surface area contributed by atoms with Crippen molar-refractivity contribution >= 4 is 16.0 Å². The van der Waals surface area contributed by atoms with Crippen LogP contribution in [0.15, 0.2) is 35.5 Å². The first kappa shape index (κ1) is 17.8. The van der Waals surface area contributed by atoms with Crippen molar-refractivity contribution in [1.82, 2.24) is 14.3 Å². The Hall–Kier alpha value is -2.06. The number of ether oxygens (including phenoxy) is 1. The number of nitrogens with one attached hydrogen (secondary N) is 1. The van der Waals surface area contributed by atoms with Crippen LogP contribution in [0.5, 0.6) is 5.75 Å². The fourth-order valence-electron chi connectivity index (χ4n) is 3.14. The van der Waals surface area contributed by atoms with Crippen molar-refractivity contribution in [1.29, 1.82) is 0 Å². The number of imidazole rings is 1. The molecule has 136 valence electrons. The molecule has 0 radical (unpaired) electrons. The lowest BCUT2D eigenvalue weighted by Gasteiger charge is -2.32. The highest BCUT2D eigenvalue weighted by Crippen LogP contribution is 2.26. The van der Waals surface area contributed by atoms with Crippen LogP contribution in [0.25, 0.3) is 0 Å². The predicted octanol–water partition coefficient (Wildman–Crippen LogP) is 1.68. The lowest BCUT2D eigenvalue weighted by Crippen LogP contribution is -2.45.